The number of carbonyl (C=O) groups excluding carboxylic acids is 1. The average Bonchev–Trinajstić information content (AvgIpc) is 2.66. The zero-order chi connectivity index (χ0) is 20.5. The van der Waals surface area contributed by atoms with E-state index in [0.29, 0.717) is 42.6 Å². The van der Waals surface area contributed by atoms with Gasteiger partial charge in [-0.3, -0.25) is 4.79 Å². The van der Waals surface area contributed by atoms with Gasteiger partial charge in [0.1, 0.15) is 11.5 Å². The molecule has 0 heterocycles. The van der Waals surface area contributed by atoms with Crippen molar-refractivity contribution in [1.82, 2.24) is 5.43 Å². The van der Waals surface area contributed by atoms with Crippen LogP contribution in [-0.4, -0.2) is 42.2 Å². The summed E-state index contributed by atoms with van der Waals surface area (Å²) in [7, 11) is 0. The molecule has 0 atom stereocenters. The molecule has 2 aromatic carbocycles. The van der Waals surface area contributed by atoms with E-state index < -0.39 is 5.91 Å². The lowest BCUT2D eigenvalue weighted by atomic mass is 10.1. The maximum absolute atomic E-state index is 12.5. The van der Waals surface area contributed by atoms with Crippen LogP contribution >= 0.6 is 0 Å². The number of hydrogen-bond donors (Lipinski definition) is 3. The molecule has 0 spiro atoms. The highest BCUT2D eigenvalue weighted by Gasteiger charge is 2.18. The molecule has 3 N–H and O–H groups in total. The van der Waals surface area contributed by atoms with E-state index in [-0.39, 0.29) is 17.1 Å². The first kappa shape index (κ1) is 20.9. The summed E-state index contributed by atoms with van der Waals surface area (Å²) in [6.45, 7) is 6.73. The normalized spacial score (nSPS) is 10.7. The fraction of sp³-hybridized carbons (Fsp3) is 0.300. The molecule has 0 radical (unpaired) electrons. The molecule has 0 saturated heterocycles. The van der Waals surface area contributed by atoms with Crippen molar-refractivity contribution in [2.45, 2.75) is 20.8 Å². The molecule has 8 heteroatoms. The van der Waals surface area contributed by atoms with E-state index in [1.165, 1.54) is 24.4 Å². The Morgan fingerprint density at radius 1 is 1.00 bits per heavy atom. The Morgan fingerprint density at radius 3 is 2.14 bits per heavy atom. The minimum atomic E-state index is -0.487. The summed E-state index contributed by atoms with van der Waals surface area (Å²) in [4.78, 5) is 12.5. The number of benzene rings is 2. The predicted molar refractivity (Wildman–Crippen MR) is 105 cm³/mol. The summed E-state index contributed by atoms with van der Waals surface area (Å²) in [5.74, 6) is 0.539. The molecule has 0 unspecified atom stereocenters. The lowest BCUT2D eigenvalue weighted by Crippen LogP contribution is -2.18. The van der Waals surface area contributed by atoms with Crippen molar-refractivity contribution >= 4 is 12.1 Å². The summed E-state index contributed by atoms with van der Waals surface area (Å²) in [5, 5.41) is 22.9. The minimum Gasteiger partial charge on any atom is -0.508 e. The van der Waals surface area contributed by atoms with Gasteiger partial charge in [-0.15, -0.1) is 0 Å². The third-order valence-corrected chi connectivity index (χ3v) is 3.56. The standard InChI is InChI=1S/C20H24N2O6/c1-4-26-17-9-14(10-18(27-5-2)19(17)28-6-3)20(25)22-21-12-13-7-8-15(23)11-16(13)24/h7-12,23-24H,4-6H2,1-3H3,(H,22,25)/b21-12+. The fourth-order valence-corrected chi connectivity index (χ4v) is 2.39. The SMILES string of the molecule is CCOc1cc(C(=O)N/N=C/c2ccc(O)cc2O)cc(OCC)c1OCC. The Morgan fingerprint density at radius 2 is 1.61 bits per heavy atom. The number of carbonyl (C=O) groups is 1. The summed E-state index contributed by atoms with van der Waals surface area (Å²) >= 11 is 0. The first-order valence-electron chi connectivity index (χ1n) is 8.91. The fourth-order valence-electron chi connectivity index (χ4n) is 2.39. The number of ether oxygens (including phenoxy) is 3. The smallest absolute Gasteiger partial charge is 0.271 e. The Bertz CT molecular complexity index is 824. The van der Waals surface area contributed by atoms with Crippen LogP contribution in [0.1, 0.15) is 36.7 Å². The quantitative estimate of drug-likeness (QED) is 0.450. The van der Waals surface area contributed by atoms with Crippen molar-refractivity contribution in [3.63, 3.8) is 0 Å². The zero-order valence-corrected chi connectivity index (χ0v) is 16.1. The van der Waals surface area contributed by atoms with Gasteiger partial charge in [-0.05, 0) is 45.0 Å². The molecule has 150 valence electrons. The van der Waals surface area contributed by atoms with Crippen molar-refractivity contribution in [2.24, 2.45) is 5.10 Å². The molecule has 0 aliphatic heterocycles. The van der Waals surface area contributed by atoms with Gasteiger partial charge >= 0.3 is 0 Å². The molecule has 28 heavy (non-hydrogen) atoms. The molecule has 0 fully saturated rings. The Hall–Kier alpha value is -3.42. The molecule has 0 aliphatic rings. The van der Waals surface area contributed by atoms with Gasteiger partial charge in [0.05, 0.1) is 26.0 Å². The van der Waals surface area contributed by atoms with Crippen molar-refractivity contribution in [3.05, 3.63) is 41.5 Å². The van der Waals surface area contributed by atoms with E-state index in [9.17, 15) is 15.0 Å². The van der Waals surface area contributed by atoms with E-state index in [0.717, 1.165) is 0 Å². The van der Waals surface area contributed by atoms with Gasteiger partial charge in [-0.2, -0.15) is 5.10 Å². The van der Waals surface area contributed by atoms with Crippen LogP contribution < -0.4 is 19.6 Å². The zero-order valence-electron chi connectivity index (χ0n) is 16.1. The molecule has 0 aromatic heterocycles. The van der Waals surface area contributed by atoms with Crippen molar-refractivity contribution in [2.75, 3.05) is 19.8 Å². The van der Waals surface area contributed by atoms with Crippen LogP contribution in [0.15, 0.2) is 35.4 Å². The Kier molecular flexibility index (Phi) is 7.50. The number of nitrogens with one attached hydrogen (secondary N) is 1. The van der Waals surface area contributed by atoms with Crippen LogP contribution in [0.2, 0.25) is 0 Å². The second-order valence-corrected chi connectivity index (χ2v) is 5.54. The molecule has 0 bridgehead atoms. The van der Waals surface area contributed by atoms with Crippen LogP contribution in [0, 0.1) is 0 Å². The molecule has 8 nitrogen and oxygen atoms in total. The van der Waals surface area contributed by atoms with Crippen LogP contribution in [-0.2, 0) is 0 Å². The third-order valence-electron chi connectivity index (χ3n) is 3.56. The Labute approximate surface area is 163 Å². The predicted octanol–water partition coefficient (Wildman–Crippen LogP) is 3.06. The minimum absolute atomic E-state index is 0.0695. The van der Waals surface area contributed by atoms with E-state index >= 15 is 0 Å². The van der Waals surface area contributed by atoms with Crippen molar-refractivity contribution in [1.29, 1.82) is 0 Å². The second kappa shape index (κ2) is 10.1. The first-order chi connectivity index (χ1) is 13.5. The number of nitrogens with zero attached hydrogens (tertiary/aromatic N) is 1. The van der Waals surface area contributed by atoms with Gasteiger partial charge in [0, 0.05) is 17.2 Å². The number of aromatic hydroxyl groups is 2. The van der Waals surface area contributed by atoms with E-state index in [2.05, 4.69) is 10.5 Å². The van der Waals surface area contributed by atoms with Crippen molar-refractivity contribution < 1.29 is 29.2 Å². The number of amides is 1. The summed E-state index contributed by atoms with van der Waals surface area (Å²) in [5.41, 5.74) is 3.01. The second-order valence-electron chi connectivity index (χ2n) is 5.54. The number of rotatable bonds is 9. The maximum Gasteiger partial charge on any atom is 0.271 e. The number of phenolic OH excluding ortho intramolecular Hbond substituents is 2. The van der Waals surface area contributed by atoms with E-state index in [1.54, 1.807) is 12.1 Å². The monoisotopic (exact) mass is 388 g/mol. The highest BCUT2D eigenvalue weighted by Crippen LogP contribution is 2.39. The number of hydrogen-bond acceptors (Lipinski definition) is 7. The first-order valence-corrected chi connectivity index (χ1v) is 8.91. The van der Waals surface area contributed by atoms with E-state index in [4.69, 9.17) is 14.2 Å². The van der Waals surface area contributed by atoms with Crippen LogP contribution in [0.25, 0.3) is 0 Å². The molecular formula is C20H24N2O6. The maximum atomic E-state index is 12.5. The average molecular weight is 388 g/mol. The summed E-state index contributed by atoms with van der Waals surface area (Å²) in [6, 6.07) is 7.16. The Balaban J connectivity index is 2.24. The van der Waals surface area contributed by atoms with Crippen molar-refractivity contribution in [3.8, 4) is 28.7 Å². The number of hydrazone groups is 1. The lowest BCUT2D eigenvalue weighted by molar-refractivity contribution is 0.0954. The van der Waals surface area contributed by atoms with Gasteiger partial charge in [-0.25, -0.2) is 5.43 Å². The summed E-state index contributed by atoms with van der Waals surface area (Å²) < 4.78 is 16.8. The van der Waals surface area contributed by atoms with Crippen LogP contribution in [0.3, 0.4) is 0 Å². The highest BCUT2D eigenvalue weighted by molar-refractivity contribution is 5.96. The largest absolute Gasteiger partial charge is 0.508 e. The lowest BCUT2D eigenvalue weighted by Gasteiger charge is -2.16. The molecule has 2 rings (SSSR count). The van der Waals surface area contributed by atoms with Crippen LogP contribution in [0.4, 0.5) is 0 Å². The van der Waals surface area contributed by atoms with Crippen LogP contribution in [0.5, 0.6) is 28.7 Å². The molecule has 1 amide bonds. The number of phenols is 2. The molecule has 0 saturated carbocycles. The highest BCUT2D eigenvalue weighted by atomic mass is 16.5. The van der Waals surface area contributed by atoms with Gasteiger partial charge < -0.3 is 24.4 Å². The van der Waals surface area contributed by atoms with Gasteiger partial charge in [-0.1, -0.05) is 0 Å². The third kappa shape index (κ3) is 5.29. The van der Waals surface area contributed by atoms with Gasteiger partial charge in [0.25, 0.3) is 5.91 Å². The summed E-state index contributed by atoms with van der Waals surface area (Å²) in [6.07, 6.45) is 1.27. The molecule has 2 aromatic rings. The molecule has 0 aliphatic carbocycles. The topological polar surface area (TPSA) is 110 Å². The van der Waals surface area contributed by atoms with Gasteiger partial charge in [0.2, 0.25) is 5.75 Å². The van der Waals surface area contributed by atoms with E-state index in [1.807, 2.05) is 20.8 Å². The van der Waals surface area contributed by atoms with Gasteiger partial charge in [0.15, 0.2) is 11.5 Å². The molecular weight excluding hydrogens is 364 g/mol.